The fourth-order valence-electron chi connectivity index (χ4n) is 4.74. The van der Waals surface area contributed by atoms with Crippen molar-refractivity contribution in [3.05, 3.63) is 35.0 Å². The van der Waals surface area contributed by atoms with Gasteiger partial charge < -0.3 is 15.0 Å². The highest BCUT2D eigenvalue weighted by Gasteiger charge is 2.68. The summed E-state index contributed by atoms with van der Waals surface area (Å²) in [5.74, 6) is 0. The first-order chi connectivity index (χ1) is 11.4. The zero-order valence-electron chi connectivity index (χ0n) is 13.3. The van der Waals surface area contributed by atoms with Crippen molar-refractivity contribution in [3.8, 4) is 6.07 Å². The van der Waals surface area contributed by atoms with Crippen molar-refractivity contribution in [2.45, 2.75) is 38.3 Å². The summed E-state index contributed by atoms with van der Waals surface area (Å²) in [6.07, 6.45) is 2.33. The molecule has 0 atom stereocenters. The van der Waals surface area contributed by atoms with Gasteiger partial charge in [-0.15, -0.1) is 0 Å². The van der Waals surface area contributed by atoms with Gasteiger partial charge in [0.2, 0.25) is 0 Å². The topological polar surface area (TPSA) is 95.1 Å². The number of rotatable bonds is 4. The third-order valence-corrected chi connectivity index (χ3v) is 5.64. The second kappa shape index (κ2) is 4.60. The number of carbonyl (C=O) groups is 2. The monoisotopic (exact) mass is 323 g/mol. The van der Waals surface area contributed by atoms with Crippen LogP contribution in [0.5, 0.6) is 0 Å². The average molecular weight is 323 g/mol. The van der Waals surface area contributed by atoms with Crippen molar-refractivity contribution in [2.24, 2.45) is 5.41 Å². The standard InChI is InChI=1S/C18H17N3O3/c1-11-12(6-22)2-3-15-14(11)4-13(5-19)21(15)10-17-7-18(8-17,9-17)20-16(23)24/h2-4,6,20H,7-10H2,1H3,(H,23,24). The molecule has 1 amide bonds. The van der Waals surface area contributed by atoms with Crippen molar-refractivity contribution in [1.29, 1.82) is 5.26 Å². The number of amides is 1. The Morgan fingerprint density at radius 2 is 2.17 bits per heavy atom. The summed E-state index contributed by atoms with van der Waals surface area (Å²) in [6.45, 7) is 2.60. The Balaban J connectivity index is 1.67. The van der Waals surface area contributed by atoms with Crippen LogP contribution >= 0.6 is 0 Å². The summed E-state index contributed by atoms with van der Waals surface area (Å²) in [5, 5.41) is 21.9. The SMILES string of the molecule is Cc1c(C=O)ccc2c1cc(C#N)n2CC12CC(NC(=O)O)(C1)C2. The number of fused-ring (bicyclic) bond motifs is 1. The molecule has 1 aromatic heterocycles. The van der Waals surface area contributed by atoms with E-state index >= 15 is 0 Å². The minimum Gasteiger partial charge on any atom is -0.465 e. The summed E-state index contributed by atoms with van der Waals surface area (Å²) in [6, 6.07) is 7.77. The van der Waals surface area contributed by atoms with E-state index in [0.29, 0.717) is 17.8 Å². The van der Waals surface area contributed by atoms with Crippen molar-refractivity contribution < 1.29 is 14.7 Å². The molecule has 6 nitrogen and oxygen atoms in total. The maximum absolute atomic E-state index is 11.1. The Morgan fingerprint density at radius 1 is 1.46 bits per heavy atom. The highest BCUT2D eigenvalue weighted by Crippen LogP contribution is 2.68. The van der Waals surface area contributed by atoms with E-state index < -0.39 is 6.09 Å². The van der Waals surface area contributed by atoms with Gasteiger partial charge in [0.1, 0.15) is 18.0 Å². The quantitative estimate of drug-likeness (QED) is 0.846. The van der Waals surface area contributed by atoms with E-state index in [2.05, 4.69) is 11.4 Å². The van der Waals surface area contributed by atoms with Crippen LogP contribution in [0.1, 0.15) is 40.9 Å². The number of aryl methyl sites for hydroxylation is 1. The van der Waals surface area contributed by atoms with E-state index in [0.717, 1.165) is 42.0 Å². The molecule has 0 radical (unpaired) electrons. The Kier molecular flexibility index (Phi) is 2.83. The number of carbonyl (C=O) groups excluding carboxylic acids is 1. The number of hydrogen-bond acceptors (Lipinski definition) is 3. The van der Waals surface area contributed by atoms with Crippen LogP contribution in [-0.4, -0.2) is 27.6 Å². The van der Waals surface area contributed by atoms with Crippen molar-refractivity contribution in [1.82, 2.24) is 9.88 Å². The maximum atomic E-state index is 11.1. The lowest BCUT2D eigenvalue weighted by Crippen LogP contribution is -2.75. The number of aldehydes is 1. The number of carboxylic acid groups (broad SMARTS) is 1. The van der Waals surface area contributed by atoms with Gasteiger partial charge in [0.05, 0.1) is 0 Å². The van der Waals surface area contributed by atoms with Crippen LogP contribution < -0.4 is 5.32 Å². The predicted octanol–water partition coefficient (Wildman–Crippen LogP) is 2.82. The van der Waals surface area contributed by atoms with Gasteiger partial charge in [-0.05, 0) is 55.4 Å². The molecular weight excluding hydrogens is 306 g/mol. The molecule has 3 aliphatic carbocycles. The normalized spacial score (nSPS) is 27.0. The highest BCUT2D eigenvalue weighted by molar-refractivity contribution is 5.92. The second-order valence-electron chi connectivity index (χ2n) is 7.30. The third kappa shape index (κ3) is 1.88. The zero-order valence-corrected chi connectivity index (χ0v) is 13.3. The number of benzene rings is 1. The van der Waals surface area contributed by atoms with Crippen LogP contribution in [0.15, 0.2) is 18.2 Å². The molecule has 5 rings (SSSR count). The number of nitrogens with one attached hydrogen (secondary N) is 1. The van der Waals surface area contributed by atoms with Crippen molar-refractivity contribution in [2.75, 3.05) is 0 Å². The van der Waals surface area contributed by atoms with Gasteiger partial charge in [0.25, 0.3) is 0 Å². The van der Waals surface area contributed by atoms with E-state index in [4.69, 9.17) is 5.11 Å². The molecule has 3 aliphatic rings. The zero-order chi connectivity index (χ0) is 17.1. The largest absolute Gasteiger partial charge is 0.465 e. The van der Waals surface area contributed by atoms with Crippen molar-refractivity contribution in [3.63, 3.8) is 0 Å². The molecule has 3 fully saturated rings. The fraction of sp³-hybridized carbons (Fsp3) is 0.389. The van der Waals surface area contributed by atoms with Gasteiger partial charge in [-0.2, -0.15) is 5.26 Å². The Hall–Kier alpha value is -2.81. The van der Waals surface area contributed by atoms with E-state index in [1.807, 2.05) is 23.6 Å². The molecule has 2 N–H and O–H groups in total. The van der Waals surface area contributed by atoms with Crippen LogP contribution in [0.25, 0.3) is 10.9 Å². The summed E-state index contributed by atoms with van der Waals surface area (Å²) < 4.78 is 2.01. The fourth-order valence-corrected chi connectivity index (χ4v) is 4.74. The molecule has 6 heteroatoms. The molecule has 24 heavy (non-hydrogen) atoms. The lowest BCUT2D eigenvalue weighted by molar-refractivity contribution is -0.158. The predicted molar refractivity (Wildman–Crippen MR) is 87.0 cm³/mol. The van der Waals surface area contributed by atoms with Crippen molar-refractivity contribution >= 4 is 23.3 Å². The molecule has 0 spiro atoms. The molecule has 2 aromatic rings. The van der Waals surface area contributed by atoms with E-state index in [1.165, 1.54) is 0 Å². The summed E-state index contributed by atoms with van der Waals surface area (Å²) in [5.41, 5.74) is 2.90. The molecular formula is C18H17N3O3. The van der Waals surface area contributed by atoms with Crippen LogP contribution in [-0.2, 0) is 6.54 Å². The maximum Gasteiger partial charge on any atom is 0.405 e. The number of nitrogens with zero attached hydrogens (tertiary/aromatic N) is 2. The van der Waals surface area contributed by atoms with Gasteiger partial charge in [-0.3, -0.25) is 4.79 Å². The number of hydrogen-bond donors (Lipinski definition) is 2. The highest BCUT2D eigenvalue weighted by atomic mass is 16.4. The smallest absolute Gasteiger partial charge is 0.405 e. The lowest BCUT2D eigenvalue weighted by atomic mass is 9.39. The van der Waals surface area contributed by atoms with Gasteiger partial charge in [-0.25, -0.2) is 4.79 Å². The van der Waals surface area contributed by atoms with E-state index in [1.54, 1.807) is 6.07 Å². The van der Waals surface area contributed by atoms with Gasteiger partial charge in [-0.1, -0.05) is 0 Å². The molecule has 3 saturated carbocycles. The Morgan fingerprint density at radius 3 is 2.75 bits per heavy atom. The van der Waals surface area contributed by atoms with Crippen LogP contribution in [0, 0.1) is 23.7 Å². The lowest BCUT2D eigenvalue weighted by Gasteiger charge is -2.70. The van der Waals surface area contributed by atoms with Gasteiger partial charge in [0, 0.05) is 28.6 Å². The first-order valence-corrected chi connectivity index (χ1v) is 7.90. The molecule has 1 heterocycles. The molecule has 122 valence electrons. The van der Waals surface area contributed by atoms with Gasteiger partial charge in [0.15, 0.2) is 0 Å². The summed E-state index contributed by atoms with van der Waals surface area (Å²) >= 11 is 0. The summed E-state index contributed by atoms with van der Waals surface area (Å²) in [4.78, 5) is 22.0. The summed E-state index contributed by atoms with van der Waals surface area (Å²) in [7, 11) is 0. The van der Waals surface area contributed by atoms with Crippen LogP contribution in [0.2, 0.25) is 0 Å². The molecule has 1 aromatic carbocycles. The minimum atomic E-state index is -0.968. The Labute approximate surface area is 138 Å². The van der Waals surface area contributed by atoms with Crippen LogP contribution in [0.3, 0.4) is 0 Å². The first kappa shape index (κ1) is 14.8. The van der Waals surface area contributed by atoms with E-state index in [9.17, 15) is 14.9 Å². The number of aromatic nitrogens is 1. The average Bonchev–Trinajstić information content (AvgIpc) is 2.82. The molecule has 0 unspecified atom stereocenters. The van der Waals surface area contributed by atoms with Gasteiger partial charge >= 0.3 is 6.09 Å². The third-order valence-electron chi connectivity index (χ3n) is 5.64. The minimum absolute atomic E-state index is 0.0806. The molecule has 2 bridgehead atoms. The Bertz CT molecular complexity index is 915. The number of nitriles is 1. The molecule has 0 aliphatic heterocycles. The first-order valence-electron chi connectivity index (χ1n) is 7.90. The van der Waals surface area contributed by atoms with E-state index in [-0.39, 0.29) is 11.0 Å². The van der Waals surface area contributed by atoms with Crippen LogP contribution in [0.4, 0.5) is 4.79 Å². The molecule has 0 saturated heterocycles. The second-order valence-corrected chi connectivity index (χ2v) is 7.30.